The van der Waals surface area contributed by atoms with E-state index < -0.39 is 0 Å². The summed E-state index contributed by atoms with van der Waals surface area (Å²) < 4.78 is 6.62. The fourth-order valence-electron chi connectivity index (χ4n) is 2.97. The molecule has 1 N–H and O–H groups in total. The number of anilines is 1. The highest BCUT2D eigenvalue weighted by Gasteiger charge is 2.16. The molecule has 0 atom stereocenters. The molecule has 4 aromatic rings. The van der Waals surface area contributed by atoms with Crippen LogP contribution in [0.1, 0.15) is 11.1 Å². The number of nitrogens with one attached hydrogen (secondary N) is 1. The van der Waals surface area contributed by atoms with Crippen molar-refractivity contribution >= 4 is 11.6 Å². The Morgan fingerprint density at radius 3 is 2.37 bits per heavy atom. The number of rotatable bonds is 5. The molecule has 0 aliphatic rings. The monoisotopic (exact) mass is 400 g/mol. The maximum Gasteiger partial charge on any atom is 0.263 e. The standard InChI is InChI=1S/C23H20N4O3/c1-15-5-9-17(10-6-15)21-25-22(30-26-21)19-4-3-13-27(23(19)29)14-20(28)24-18-11-7-16(2)8-12-18/h3-13H,14H2,1-2H3,(H,24,28). The van der Waals surface area contributed by atoms with Gasteiger partial charge in [0.1, 0.15) is 12.1 Å². The number of carbonyl (C=O) groups is 1. The predicted octanol–water partition coefficient (Wildman–Crippen LogP) is 3.82. The predicted molar refractivity (Wildman–Crippen MR) is 114 cm³/mol. The van der Waals surface area contributed by atoms with Gasteiger partial charge in [0.25, 0.3) is 11.4 Å². The van der Waals surface area contributed by atoms with E-state index in [1.54, 1.807) is 18.3 Å². The Kier molecular flexibility index (Phi) is 5.26. The molecule has 150 valence electrons. The number of pyridine rings is 1. The summed E-state index contributed by atoms with van der Waals surface area (Å²) in [6.45, 7) is 3.84. The minimum absolute atomic E-state index is 0.115. The Hall–Kier alpha value is -4.00. The van der Waals surface area contributed by atoms with E-state index in [9.17, 15) is 9.59 Å². The van der Waals surface area contributed by atoms with E-state index in [-0.39, 0.29) is 29.5 Å². The van der Waals surface area contributed by atoms with Crippen molar-refractivity contribution in [2.45, 2.75) is 20.4 Å². The fourth-order valence-corrected chi connectivity index (χ4v) is 2.97. The smallest absolute Gasteiger partial charge is 0.263 e. The molecule has 0 bridgehead atoms. The maximum atomic E-state index is 12.8. The number of aryl methyl sites for hydroxylation is 2. The van der Waals surface area contributed by atoms with Gasteiger partial charge in [0.05, 0.1) is 0 Å². The Labute approximate surface area is 173 Å². The van der Waals surface area contributed by atoms with E-state index in [1.807, 2.05) is 62.4 Å². The number of aromatic nitrogens is 3. The van der Waals surface area contributed by atoms with Gasteiger partial charge in [-0.1, -0.05) is 52.7 Å². The molecule has 30 heavy (non-hydrogen) atoms. The van der Waals surface area contributed by atoms with Crippen molar-refractivity contribution in [2.75, 3.05) is 5.32 Å². The first kappa shape index (κ1) is 19.3. The van der Waals surface area contributed by atoms with E-state index in [1.165, 1.54) is 4.57 Å². The van der Waals surface area contributed by atoms with E-state index in [0.717, 1.165) is 16.7 Å². The number of hydrogen-bond donors (Lipinski definition) is 1. The van der Waals surface area contributed by atoms with Gasteiger partial charge in [-0.25, -0.2) is 0 Å². The topological polar surface area (TPSA) is 90.0 Å². The third kappa shape index (κ3) is 4.20. The average molecular weight is 400 g/mol. The van der Waals surface area contributed by atoms with Crippen molar-refractivity contribution in [3.8, 4) is 22.8 Å². The van der Waals surface area contributed by atoms with Gasteiger partial charge in [0.2, 0.25) is 11.7 Å². The zero-order chi connectivity index (χ0) is 21.1. The van der Waals surface area contributed by atoms with Gasteiger partial charge in [0.15, 0.2) is 0 Å². The molecule has 2 aromatic heterocycles. The van der Waals surface area contributed by atoms with Crippen LogP contribution in [-0.2, 0) is 11.3 Å². The summed E-state index contributed by atoms with van der Waals surface area (Å²) in [6.07, 6.45) is 1.55. The zero-order valence-corrected chi connectivity index (χ0v) is 16.6. The summed E-state index contributed by atoms with van der Waals surface area (Å²) in [4.78, 5) is 29.6. The van der Waals surface area contributed by atoms with Crippen molar-refractivity contribution < 1.29 is 9.32 Å². The molecule has 4 rings (SSSR count). The first-order chi connectivity index (χ1) is 14.5. The molecule has 7 nitrogen and oxygen atoms in total. The van der Waals surface area contributed by atoms with Gasteiger partial charge in [-0.05, 0) is 38.1 Å². The molecule has 2 aromatic carbocycles. The lowest BCUT2D eigenvalue weighted by Crippen LogP contribution is -2.28. The van der Waals surface area contributed by atoms with Crippen LogP contribution in [0.2, 0.25) is 0 Å². The number of amides is 1. The van der Waals surface area contributed by atoms with Crippen LogP contribution in [0.3, 0.4) is 0 Å². The van der Waals surface area contributed by atoms with Gasteiger partial charge in [-0.3, -0.25) is 9.59 Å². The lowest BCUT2D eigenvalue weighted by atomic mass is 10.1. The SMILES string of the molecule is Cc1ccc(NC(=O)Cn2cccc(-c3nc(-c4ccc(C)cc4)no3)c2=O)cc1. The van der Waals surface area contributed by atoms with Crippen molar-refractivity contribution in [1.82, 2.24) is 14.7 Å². The largest absolute Gasteiger partial charge is 0.333 e. The van der Waals surface area contributed by atoms with Crippen LogP contribution in [0.15, 0.2) is 76.2 Å². The van der Waals surface area contributed by atoms with Crippen molar-refractivity contribution in [3.05, 3.63) is 88.3 Å². The molecule has 0 radical (unpaired) electrons. The Balaban J connectivity index is 1.54. The van der Waals surface area contributed by atoms with Crippen molar-refractivity contribution in [2.24, 2.45) is 0 Å². The minimum Gasteiger partial charge on any atom is -0.333 e. The summed E-state index contributed by atoms with van der Waals surface area (Å²) >= 11 is 0. The quantitative estimate of drug-likeness (QED) is 0.550. The summed E-state index contributed by atoms with van der Waals surface area (Å²) in [5, 5.41) is 6.76. The van der Waals surface area contributed by atoms with E-state index in [2.05, 4.69) is 15.5 Å². The Morgan fingerprint density at radius 1 is 1.00 bits per heavy atom. The molecule has 0 unspecified atom stereocenters. The molecule has 0 saturated carbocycles. The second-order valence-corrected chi connectivity index (χ2v) is 7.06. The van der Waals surface area contributed by atoms with Crippen LogP contribution in [0.25, 0.3) is 22.8 Å². The summed E-state index contributed by atoms with van der Waals surface area (Å²) in [6, 6.07) is 18.4. The Morgan fingerprint density at radius 2 is 1.67 bits per heavy atom. The molecule has 1 amide bonds. The van der Waals surface area contributed by atoms with Gasteiger partial charge in [-0.2, -0.15) is 4.98 Å². The Bertz CT molecular complexity index is 1240. The third-order valence-corrected chi connectivity index (χ3v) is 4.64. The lowest BCUT2D eigenvalue weighted by molar-refractivity contribution is -0.116. The second-order valence-electron chi connectivity index (χ2n) is 7.06. The lowest BCUT2D eigenvalue weighted by Gasteiger charge is -2.08. The highest BCUT2D eigenvalue weighted by atomic mass is 16.5. The van der Waals surface area contributed by atoms with E-state index in [0.29, 0.717) is 11.5 Å². The summed E-state index contributed by atoms with van der Waals surface area (Å²) in [7, 11) is 0. The molecule has 0 aliphatic carbocycles. The molecule has 0 saturated heterocycles. The third-order valence-electron chi connectivity index (χ3n) is 4.64. The van der Waals surface area contributed by atoms with Gasteiger partial charge >= 0.3 is 0 Å². The molecular weight excluding hydrogens is 380 g/mol. The maximum absolute atomic E-state index is 12.8. The molecule has 0 fully saturated rings. The highest BCUT2D eigenvalue weighted by molar-refractivity contribution is 5.90. The molecule has 0 aliphatic heterocycles. The van der Waals surface area contributed by atoms with Crippen molar-refractivity contribution in [1.29, 1.82) is 0 Å². The van der Waals surface area contributed by atoms with Crippen LogP contribution in [-0.4, -0.2) is 20.6 Å². The van der Waals surface area contributed by atoms with E-state index >= 15 is 0 Å². The summed E-state index contributed by atoms with van der Waals surface area (Å²) in [5.41, 5.74) is 3.56. The number of benzene rings is 2. The second kappa shape index (κ2) is 8.16. The number of nitrogens with zero attached hydrogens (tertiary/aromatic N) is 3. The van der Waals surface area contributed by atoms with Gasteiger partial charge in [-0.15, -0.1) is 0 Å². The number of hydrogen-bond acceptors (Lipinski definition) is 5. The number of carbonyl (C=O) groups excluding carboxylic acids is 1. The minimum atomic E-state index is -0.379. The van der Waals surface area contributed by atoms with Crippen LogP contribution < -0.4 is 10.9 Å². The van der Waals surface area contributed by atoms with Gasteiger partial charge in [0, 0.05) is 17.4 Å². The molecule has 7 heteroatoms. The van der Waals surface area contributed by atoms with E-state index in [4.69, 9.17) is 4.52 Å². The first-order valence-electron chi connectivity index (χ1n) is 9.47. The highest BCUT2D eigenvalue weighted by Crippen LogP contribution is 2.20. The molecule has 0 spiro atoms. The van der Waals surface area contributed by atoms with Crippen LogP contribution >= 0.6 is 0 Å². The van der Waals surface area contributed by atoms with Gasteiger partial charge < -0.3 is 14.4 Å². The first-order valence-corrected chi connectivity index (χ1v) is 9.47. The average Bonchev–Trinajstić information content (AvgIpc) is 3.22. The summed E-state index contributed by atoms with van der Waals surface area (Å²) in [5.74, 6) is 0.213. The van der Waals surface area contributed by atoms with Crippen LogP contribution in [0.5, 0.6) is 0 Å². The van der Waals surface area contributed by atoms with Crippen LogP contribution in [0, 0.1) is 13.8 Å². The molecular formula is C23H20N4O3. The van der Waals surface area contributed by atoms with Crippen LogP contribution in [0.4, 0.5) is 5.69 Å². The van der Waals surface area contributed by atoms with Crippen molar-refractivity contribution in [3.63, 3.8) is 0 Å². The molecule has 2 heterocycles. The zero-order valence-electron chi connectivity index (χ0n) is 16.6. The normalized spacial score (nSPS) is 10.7. The fraction of sp³-hybridized carbons (Fsp3) is 0.130.